The fourth-order valence-electron chi connectivity index (χ4n) is 5.50. The summed E-state index contributed by atoms with van der Waals surface area (Å²) >= 11 is 0. The highest BCUT2D eigenvalue weighted by molar-refractivity contribution is 6.21. The Morgan fingerprint density at radius 2 is 0.811 bits per heavy atom. The summed E-state index contributed by atoms with van der Waals surface area (Å²) in [7, 11) is 0. The molecule has 1 aliphatic rings. The van der Waals surface area contributed by atoms with Gasteiger partial charge in [-0.3, -0.25) is 14.5 Å². The number of benzene rings is 2. The summed E-state index contributed by atoms with van der Waals surface area (Å²) < 4.78 is 49.9. The number of hydrogen-bond acceptors (Lipinski definition) is 11. The van der Waals surface area contributed by atoms with Gasteiger partial charge in [0.2, 0.25) is 0 Å². The molecule has 12 heteroatoms. The summed E-state index contributed by atoms with van der Waals surface area (Å²) in [6, 6.07) is 15.3. The van der Waals surface area contributed by atoms with Crippen LogP contribution in [-0.2, 0) is 44.3 Å². The number of nitrogens with zero attached hydrogens (tertiary/aromatic N) is 1. The lowest BCUT2D eigenvalue weighted by molar-refractivity contribution is -0.0238. The maximum Gasteiger partial charge on any atom is 0.261 e. The molecule has 2 amide bonds. The van der Waals surface area contributed by atoms with Gasteiger partial charge in [0.05, 0.1) is 123 Å². The molecular formula is C41H63NO11. The highest BCUT2D eigenvalue weighted by Crippen LogP contribution is 2.22. The Morgan fingerprint density at radius 1 is 0.434 bits per heavy atom. The number of aryl methyl sites for hydroxylation is 1. The van der Waals surface area contributed by atoms with Crippen LogP contribution in [0, 0.1) is 0 Å². The molecule has 0 N–H and O–H groups in total. The lowest BCUT2D eigenvalue weighted by atomic mass is 10.0. The third-order valence-electron chi connectivity index (χ3n) is 8.43. The summed E-state index contributed by atoms with van der Waals surface area (Å²) in [5.41, 5.74) is 2.26. The number of imide groups is 1. The first kappa shape index (κ1) is 44.5. The van der Waals surface area contributed by atoms with Crippen molar-refractivity contribution in [1.82, 2.24) is 4.90 Å². The van der Waals surface area contributed by atoms with Crippen molar-refractivity contribution in [1.29, 1.82) is 0 Å². The molecular weight excluding hydrogens is 682 g/mol. The van der Waals surface area contributed by atoms with Gasteiger partial charge in [-0.1, -0.05) is 69.7 Å². The highest BCUT2D eigenvalue weighted by Gasteiger charge is 2.34. The van der Waals surface area contributed by atoms with Crippen LogP contribution in [0.25, 0.3) is 0 Å². The van der Waals surface area contributed by atoms with Crippen LogP contribution in [0.2, 0.25) is 0 Å². The van der Waals surface area contributed by atoms with E-state index in [1.165, 1.54) is 55.4 Å². The largest absolute Gasteiger partial charge is 0.491 e. The summed E-state index contributed by atoms with van der Waals surface area (Å²) in [5, 5.41) is 0. The number of unbranched alkanes of at least 4 members (excludes halogenated alkanes) is 6. The van der Waals surface area contributed by atoms with Crippen molar-refractivity contribution in [3.63, 3.8) is 0 Å². The quantitative estimate of drug-likeness (QED) is 0.0623. The first-order valence-corrected chi connectivity index (χ1v) is 19.5. The lowest BCUT2D eigenvalue weighted by Gasteiger charge is -2.13. The molecule has 0 spiro atoms. The zero-order valence-corrected chi connectivity index (χ0v) is 31.9. The lowest BCUT2D eigenvalue weighted by Crippen LogP contribution is -2.33. The van der Waals surface area contributed by atoms with Crippen LogP contribution in [0.4, 0.5) is 0 Å². The molecule has 0 atom stereocenters. The van der Waals surface area contributed by atoms with E-state index in [1.54, 1.807) is 24.3 Å². The fraction of sp³-hybridized carbons (Fsp3) is 0.659. The molecule has 0 radical (unpaired) electrons. The number of carbonyl (C=O) groups is 2. The third-order valence-corrected chi connectivity index (χ3v) is 8.43. The normalized spacial score (nSPS) is 12.6. The van der Waals surface area contributed by atoms with Crippen molar-refractivity contribution < 1.29 is 52.2 Å². The summed E-state index contributed by atoms with van der Waals surface area (Å²) in [6.07, 6.45) is 10.5. The Morgan fingerprint density at radius 3 is 1.25 bits per heavy atom. The van der Waals surface area contributed by atoms with Gasteiger partial charge in [0, 0.05) is 0 Å². The maximum absolute atomic E-state index is 12.3. The van der Waals surface area contributed by atoms with Gasteiger partial charge in [0.1, 0.15) is 12.4 Å². The molecule has 3 rings (SSSR count). The number of hydrogen-bond donors (Lipinski definition) is 0. The Hall–Kier alpha value is -2.94. The van der Waals surface area contributed by atoms with Crippen molar-refractivity contribution >= 4 is 11.8 Å². The molecule has 1 aliphatic heterocycles. The van der Waals surface area contributed by atoms with Crippen LogP contribution in [-0.4, -0.2) is 136 Å². The maximum atomic E-state index is 12.3. The first-order valence-electron chi connectivity index (χ1n) is 19.5. The molecule has 0 aliphatic carbocycles. The monoisotopic (exact) mass is 745 g/mol. The second-order valence-electron chi connectivity index (χ2n) is 12.6. The van der Waals surface area contributed by atoms with Crippen LogP contribution in [0.5, 0.6) is 5.75 Å². The second kappa shape index (κ2) is 30.4. The molecule has 0 bridgehead atoms. The summed E-state index contributed by atoms with van der Waals surface area (Å²) in [5.74, 6) is 0.330. The van der Waals surface area contributed by atoms with Gasteiger partial charge in [-0.25, -0.2) is 0 Å². The molecule has 0 saturated heterocycles. The Bertz CT molecular complexity index is 1180. The Labute approximate surface area is 316 Å². The highest BCUT2D eigenvalue weighted by atomic mass is 16.6. The predicted octanol–water partition coefficient (Wildman–Crippen LogP) is 5.79. The van der Waals surface area contributed by atoms with Crippen molar-refractivity contribution in [3.8, 4) is 5.75 Å². The minimum absolute atomic E-state index is 0.217. The van der Waals surface area contributed by atoms with Crippen LogP contribution >= 0.6 is 0 Å². The van der Waals surface area contributed by atoms with Crippen molar-refractivity contribution in [2.24, 2.45) is 0 Å². The van der Waals surface area contributed by atoms with E-state index < -0.39 is 0 Å². The average molecular weight is 746 g/mol. The molecule has 12 nitrogen and oxygen atoms in total. The van der Waals surface area contributed by atoms with E-state index >= 15 is 0 Å². The number of ether oxygens (including phenoxy) is 9. The fourth-order valence-corrected chi connectivity index (χ4v) is 5.50. The zero-order valence-electron chi connectivity index (χ0n) is 31.9. The van der Waals surface area contributed by atoms with Crippen molar-refractivity contribution in [3.05, 3.63) is 65.2 Å². The summed E-state index contributed by atoms with van der Waals surface area (Å²) in [4.78, 5) is 25.9. The molecule has 0 fully saturated rings. The van der Waals surface area contributed by atoms with Gasteiger partial charge in [-0.05, 0) is 42.7 Å². The molecule has 0 aromatic heterocycles. The Kier molecular flexibility index (Phi) is 25.5. The van der Waals surface area contributed by atoms with E-state index in [1.807, 2.05) is 12.1 Å². The van der Waals surface area contributed by atoms with Gasteiger partial charge in [-0.2, -0.15) is 0 Å². The third kappa shape index (κ3) is 20.4. The van der Waals surface area contributed by atoms with E-state index in [0.29, 0.717) is 117 Å². The zero-order chi connectivity index (χ0) is 37.4. The minimum atomic E-state index is -0.275. The first-order chi connectivity index (χ1) is 26.2. The molecule has 1 heterocycles. The molecule has 2 aromatic carbocycles. The molecule has 0 saturated carbocycles. The number of rotatable bonds is 36. The van der Waals surface area contributed by atoms with E-state index in [4.69, 9.17) is 42.6 Å². The standard InChI is InChI=1S/C41H63NO11/c1-2-3-4-5-6-7-8-11-36-14-16-37(17-15-36)53-35-34-52-33-32-51-31-30-50-29-28-49-27-26-48-25-24-47-23-22-46-21-20-45-19-18-42-40(43)38-12-9-10-13-39(38)41(42)44/h9-10,12-17H,2-8,11,18-35H2,1H3. The number of carbonyl (C=O) groups excluding carboxylic acids is 2. The van der Waals surface area contributed by atoms with Crippen LogP contribution in [0.15, 0.2) is 48.5 Å². The molecule has 2 aromatic rings. The average Bonchev–Trinajstić information content (AvgIpc) is 3.42. The summed E-state index contributed by atoms with van der Waals surface area (Å²) in [6.45, 7) is 10.4. The molecule has 298 valence electrons. The van der Waals surface area contributed by atoms with Crippen LogP contribution < -0.4 is 4.74 Å². The van der Waals surface area contributed by atoms with Crippen molar-refractivity contribution in [2.75, 3.05) is 119 Å². The second-order valence-corrected chi connectivity index (χ2v) is 12.6. The van der Waals surface area contributed by atoms with Gasteiger partial charge in [-0.15, -0.1) is 0 Å². The van der Waals surface area contributed by atoms with Gasteiger partial charge in [0.15, 0.2) is 0 Å². The van der Waals surface area contributed by atoms with E-state index in [9.17, 15) is 9.59 Å². The minimum Gasteiger partial charge on any atom is -0.491 e. The number of fused-ring (bicyclic) bond motifs is 1. The predicted molar refractivity (Wildman–Crippen MR) is 202 cm³/mol. The topological polar surface area (TPSA) is 120 Å². The van der Waals surface area contributed by atoms with Crippen LogP contribution in [0.1, 0.15) is 78.1 Å². The van der Waals surface area contributed by atoms with Gasteiger partial charge >= 0.3 is 0 Å². The van der Waals surface area contributed by atoms with Gasteiger partial charge < -0.3 is 42.6 Å². The van der Waals surface area contributed by atoms with E-state index in [-0.39, 0.29) is 25.0 Å². The van der Waals surface area contributed by atoms with E-state index in [0.717, 1.165) is 12.2 Å². The molecule has 53 heavy (non-hydrogen) atoms. The SMILES string of the molecule is CCCCCCCCCc1ccc(OCCOCCOCCOCCOCCOCCOCCOCCOCCN2C(=O)c3ccccc3C2=O)cc1. The van der Waals surface area contributed by atoms with E-state index in [2.05, 4.69) is 19.1 Å². The number of amides is 2. The smallest absolute Gasteiger partial charge is 0.261 e. The molecule has 0 unspecified atom stereocenters. The van der Waals surface area contributed by atoms with Crippen molar-refractivity contribution in [2.45, 2.75) is 58.3 Å². The van der Waals surface area contributed by atoms with Gasteiger partial charge in [0.25, 0.3) is 11.8 Å². The Balaban J connectivity index is 0.951. The van der Waals surface area contributed by atoms with Crippen LogP contribution in [0.3, 0.4) is 0 Å².